The van der Waals surface area contributed by atoms with E-state index in [0.717, 1.165) is 19.5 Å². The Kier molecular flexibility index (Phi) is 5.29. The Bertz CT molecular complexity index is 257. The van der Waals surface area contributed by atoms with Crippen molar-refractivity contribution in [1.82, 2.24) is 4.90 Å². The number of hydrogen-bond donors (Lipinski definition) is 1. The lowest BCUT2D eigenvalue weighted by Gasteiger charge is -2.26. The quantitative estimate of drug-likeness (QED) is 0.807. The standard InChI is InChI=1S/C12H21NOS/c1-10(2)13(7-6-11(3)14)9-12-5-4-8-15-12/h4-5,8,10-11,14H,6-7,9H2,1-3H3. The fourth-order valence-corrected chi connectivity index (χ4v) is 2.20. The fourth-order valence-electron chi connectivity index (χ4n) is 1.48. The van der Waals surface area contributed by atoms with E-state index in [4.69, 9.17) is 0 Å². The molecule has 0 aromatic carbocycles. The third-order valence-electron chi connectivity index (χ3n) is 2.50. The Balaban J connectivity index is 2.44. The summed E-state index contributed by atoms with van der Waals surface area (Å²) in [6.07, 6.45) is 0.651. The zero-order valence-corrected chi connectivity index (χ0v) is 10.6. The van der Waals surface area contributed by atoms with E-state index < -0.39 is 0 Å². The predicted octanol–water partition coefficient (Wildman–Crippen LogP) is 2.73. The molecule has 1 atom stereocenters. The van der Waals surface area contributed by atoms with Crippen molar-refractivity contribution in [2.75, 3.05) is 6.54 Å². The summed E-state index contributed by atoms with van der Waals surface area (Å²) >= 11 is 1.80. The number of rotatable bonds is 6. The molecule has 86 valence electrons. The Morgan fingerprint density at radius 2 is 2.13 bits per heavy atom. The van der Waals surface area contributed by atoms with Crippen LogP contribution in [0.2, 0.25) is 0 Å². The van der Waals surface area contributed by atoms with Crippen molar-refractivity contribution in [3.05, 3.63) is 22.4 Å². The lowest BCUT2D eigenvalue weighted by Crippen LogP contribution is -2.32. The van der Waals surface area contributed by atoms with Crippen LogP contribution in [-0.2, 0) is 6.54 Å². The number of nitrogens with zero attached hydrogens (tertiary/aromatic N) is 1. The molecule has 1 aromatic heterocycles. The summed E-state index contributed by atoms with van der Waals surface area (Å²) in [6.45, 7) is 8.23. The first-order valence-corrected chi connectivity index (χ1v) is 6.42. The Hall–Kier alpha value is -0.380. The van der Waals surface area contributed by atoms with Gasteiger partial charge in [0.15, 0.2) is 0 Å². The highest BCUT2D eigenvalue weighted by molar-refractivity contribution is 7.09. The third-order valence-corrected chi connectivity index (χ3v) is 3.36. The van der Waals surface area contributed by atoms with E-state index in [-0.39, 0.29) is 6.10 Å². The molecule has 2 nitrogen and oxygen atoms in total. The first-order chi connectivity index (χ1) is 7.09. The van der Waals surface area contributed by atoms with E-state index in [9.17, 15) is 5.11 Å². The maximum atomic E-state index is 9.29. The van der Waals surface area contributed by atoms with Crippen molar-refractivity contribution < 1.29 is 5.11 Å². The van der Waals surface area contributed by atoms with E-state index in [1.165, 1.54) is 4.88 Å². The van der Waals surface area contributed by atoms with Gasteiger partial charge in [0.1, 0.15) is 0 Å². The topological polar surface area (TPSA) is 23.5 Å². The predicted molar refractivity (Wildman–Crippen MR) is 66.2 cm³/mol. The summed E-state index contributed by atoms with van der Waals surface area (Å²) in [5.41, 5.74) is 0. The maximum Gasteiger partial charge on any atom is 0.0524 e. The minimum absolute atomic E-state index is 0.199. The number of thiophene rings is 1. The highest BCUT2D eigenvalue weighted by Crippen LogP contribution is 2.14. The lowest BCUT2D eigenvalue weighted by atomic mass is 10.2. The highest BCUT2D eigenvalue weighted by Gasteiger charge is 2.11. The second kappa shape index (κ2) is 6.26. The monoisotopic (exact) mass is 227 g/mol. The molecule has 0 amide bonds. The summed E-state index contributed by atoms with van der Waals surface area (Å²) < 4.78 is 0. The van der Waals surface area contributed by atoms with Gasteiger partial charge >= 0.3 is 0 Å². The molecule has 0 radical (unpaired) electrons. The van der Waals surface area contributed by atoms with Gasteiger partial charge in [-0.25, -0.2) is 0 Å². The SMILES string of the molecule is CC(O)CCN(Cc1cccs1)C(C)C. The minimum atomic E-state index is -0.199. The maximum absolute atomic E-state index is 9.29. The minimum Gasteiger partial charge on any atom is -0.393 e. The van der Waals surface area contributed by atoms with Gasteiger partial charge in [0.25, 0.3) is 0 Å². The van der Waals surface area contributed by atoms with Gasteiger partial charge in [-0.3, -0.25) is 4.90 Å². The average Bonchev–Trinajstić information content (AvgIpc) is 2.63. The van der Waals surface area contributed by atoms with E-state index >= 15 is 0 Å². The van der Waals surface area contributed by atoms with Crippen LogP contribution in [0.3, 0.4) is 0 Å². The zero-order valence-electron chi connectivity index (χ0n) is 9.81. The molecule has 0 aliphatic carbocycles. The van der Waals surface area contributed by atoms with Crippen molar-refractivity contribution in [2.24, 2.45) is 0 Å². The van der Waals surface area contributed by atoms with Crippen LogP contribution >= 0.6 is 11.3 Å². The highest BCUT2D eigenvalue weighted by atomic mass is 32.1. The number of aliphatic hydroxyl groups excluding tert-OH is 1. The van der Waals surface area contributed by atoms with Crippen molar-refractivity contribution in [1.29, 1.82) is 0 Å². The smallest absolute Gasteiger partial charge is 0.0524 e. The molecule has 3 heteroatoms. The van der Waals surface area contributed by atoms with Gasteiger partial charge in [-0.1, -0.05) is 6.07 Å². The average molecular weight is 227 g/mol. The summed E-state index contributed by atoms with van der Waals surface area (Å²) in [5, 5.41) is 11.4. The first kappa shape index (κ1) is 12.7. The molecule has 1 unspecified atom stereocenters. The van der Waals surface area contributed by atoms with Crippen LogP contribution in [-0.4, -0.2) is 28.7 Å². The molecule has 1 N–H and O–H groups in total. The van der Waals surface area contributed by atoms with Crippen molar-refractivity contribution >= 4 is 11.3 Å². The molecule has 0 saturated heterocycles. The Morgan fingerprint density at radius 1 is 1.40 bits per heavy atom. The van der Waals surface area contributed by atoms with Gasteiger partial charge in [-0.15, -0.1) is 11.3 Å². The molecule has 1 rings (SSSR count). The van der Waals surface area contributed by atoms with Crippen LogP contribution < -0.4 is 0 Å². The van der Waals surface area contributed by atoms with Gasteiger partial charge in [-0.05, 0) is 38.6 Å². The molecule has 0 aliphatic rings. The summed E-state index contributed by atoms with van der Waals surface area (Å²) in [4.78, 5) is 3.80. The first-order valence-electron chi connectivity index (χ1n) is 5.54. The lowest BCUT2D eigenvalue weighted by molar-refractivity contribution is 0.139. The van der Waals surface area contributed by atoms with Gasteiger partial charge < -0.3 is 5.11 Å². The van der Waals surface area contributed by atoms with Gasteiger partial charge in [-0.2, -0.15) is 0 Å². The van der Waals surface area contributed by atoms with Crippen LogP contribution in [0.1, 0.15) is 32.1 Å². The van der Waals surface area contributed by atoms with Crippen molar-refractivity contribution in [3.8, 4) is 0 Å². The molecule has 0 saturated carbocycles. The number of hydrogen-bond acceptors (Lipinski definition) is 3. The van der Waals surface area contributed by atoms with E-state index in [0.29, 0.717) is 6.04 Å². The fraction of sp³-hybridized carbons (Fsp3) is 0.667. The van der Waals surface area contributed by atoms with Gasteiger partial charge in [0.05, 0.1) is 6.10 Å². The second-order valence-corrected chi connectivity index (χ2v) is 5.31. The molecule has 0 bridgehead atoms. The van der Waals surface area contributed by atoms with E-state index in [1.54, 1.807) is 11.3 Å². The largest absolute Gasteiger partial charge is 0.393 e. The molecule has 0 fully saturated rings. The molecule has 1 heterocycles. The number of aliphatic hydroxyl groups is 1. The van der Waals surface area contributed by atoms with Crippen LogP contribution in [0.15, 0.2) is 17.5 Å². The van der Waals surface area contributed by atoms with E-state index in [2.05, 4.69) is 36.3 Å². The van der Waals surface area contributed by atoms with Crippen LogP contribution in [0.5, 0.6) is 0 Å². The normalized spacial score (nSPS) is 13.7. The third kappa shape index (κ3) is 4.78. The summed E-state index contributed by atoms with van der Waals surface area (Å²) in [6, 6.07) is 4.79. The zero-order chi connectivity index (χ0) is 11.3. The second-order valence-electron chi connectivity index (χ2n) is 4.28. The van der Waals surface area contributed by atoms with Crippen LogP contribution in [0, 0.1) is 0 Å². The summed E-state index contributed by atoms with van der Waals surface area (Å²) in [7, 11) is 0. The molecule has 0 aliphatic heterocycles. The van der Waals surface area contributed by atoms with Gasteiger partial charge in [0.2, 0.25) is 0 Å². The van der Waals surface area contributed by atoms with Crippen LogP contribution in [0.4, 0.5) is 0 Å². The van der Waals surface area contributed by atoms with Crippen molar-refractivity contribution in [3.63, 3.8) is 0 Å². The Labute approximate surface area is 96.5 Å². The molecule has 15 heavy (non-hydrogen) atoms. The summed E-state index contributed by atoms with van der Waals surface area (Å²) in [5.74, 6) is 0. The molecular formula is C12H21NOS. The van der Waals surface area contributed by atoms with Crippen molar-refractivity contribution in [2.45, 2.75) is 45.9 Å². The molecule has 0 spiro atoms. The molecule has 1 aromatic rings. The van der Waals surface area contributed by atoms with E-state index in [1.807, 2.05) is 6.92 Å². The van der Waals surface area contributed by atoms with Gasteiger partial charge in [0, 0.05) is 24.0 Å². The molecular weight excluding hydrogens is 206 g/mol. The Morgan fingerprint density at radius 3 is 2.60 bits per heavy atom. The van der Waals surface area contributed by atoms with Crippen LogP contribution in [0.25, 0.3) is 0 Å².